The molecule has 0 amide bonds. The third kappa shape index (κ3) is 4.99. The van der Waals surface area contributed by atoms with E-state index in [4.69, 9.17) is 0 Å². The van der Waals surface area contributed by atoms with E-state index in [-0.39, 0.29) is 6.04 Å². The van der Waals surface area contributed by atoms with Crippen LogP contribution in [0.1, 0.15) is 52.9 Å². The van der Waals surface area contributed by atoms with Crippen LogP contribution in [0.4, 0.5) is 0 Å². The molecule has 0 saturated carbocycles. The van der Waals surface area contributed by atoms with Gasteiger partial charge in [0.25, 0.3) is 0 Å². The molecule has 20 heavy (non-hydrogen) atoms. The van der Waals surface area contributed by atoms with Gasteiger partial charge in [0.2, 0.25) is 0 Å². The van der Waals surface area contributed by atoms with Crippen molar-refractivity contribution < 1.29 is 0 Å². The summed E-state index contributed by atoms with van der Waals surface area (Å²) in [5, 5.41) is 3.20. The van der Waals surface area contributed by atoms with Gasteiger partial charge in [-0.05, 0) is 61.4 Å². The van der Waals surface area contributed by atoms with Crippen LogP contribution < -0.4 is 5.32 Å². The lowest BCUT2D eigenvalue weighted by molar-refractivity contribution is 0.509. The number of hydrogen-bond acceptors (Lipinski definition) is 2. The van der Waals surface area contributed by atoms with E-state index in [1.807, 2.05) is 7.05 Å². The largest absolute Gasteiger partial charge is 0.394 e. The Hall–Kier alpha value is -1.31. The molecule has 0 fully saturated rings. The average molecular weight is 274 g/mol. The van der Waals surface area contributed by atoms with Crippen LogP contribution in [0.3, 0.4) is 0 Å². The molecule has 1 rings (SSSR count). The molecule has 0 spiro atoms. The molecule has 2 atom stereocenters. The van der Waals surface area contributed by atoms with Crippen LogP contribution in [-0.4, -0.2) is 19.8 Å². The first-order chi connectivity index (χ1) is 9.67. The van der Waals surface area contributed by atoms with E-state index in [1.165, 1.54) is 48.8 Å². The number of nitrogens with zero attached hydrogens (tertiary/aromatic N) is 1. The standard InChI is InChI=1S/C18H30N2/c1-6-8-9-10-15(7-2)16(13-19-4)11-14(3)17-12-18(17)20-5/h11-13,15,18-19H,5-10H2,1-4H3/b14-11+,16-13-. The summed E-state index contributed by atoms with van der Waals surface area (Å²) < 4.78 is 0. The molecule has 2 unspecified atom stereocenters. The summed E-state index contributed by atoms with van der Waals surface area (Å²) in [6, 6.07) is 0.266. The molecular formula is C18H30N2. The summed E-state index contributed by atoms with van der Waals surface area (Å²) in [7, 11) is 1.98. The molecule has 0 saturated heterocycles. The summed E-state index contributed by atoms with van der Waals surface area (Å²) in [6.45, 7) is 10.3. The van der Waals surface area contributed by atoms with Gasteiger partial charge in [-0.15, -0.1) is 0 Å². The minimum absolute atomic E-state index is 0.266. The number of rotatable bonds is 10. The molecular weight excluding hydrogens is 244 g/mol. The number of aliphatic imine (C=N–C) groups is 1. The Kier molecular flexibility index (Phi) is 7.35. The Balaban J connectivity index is 2.71. The van der Waals surface area contributed by atoms with Gasteiger partial charge >= 0.3 is 0 Å². The Morgan fingerprint density at radius 3 is 2.70 bits per heavy atom. The molecule has 0 radical (unpaired) electrons. The third-order valence-corrected chi connectivity index (χ3v) is 4.01. The molecule has 0 bridgehead atoms. The summed E-state index contributed by atoms with van der Waals surface area (Å²) in [4.78, 5) is 4.06. The van der Waals surface area contributed by atoms with Crippen molar-refractivity contribution in [3.63, 3.8) is 0 Å². The first-order valence-electron chi connectivity index (χ1n) is 7.91. The zero-order valence-corrected chi connectivity index (χ0v) is 13.6. The summed E-state index contributed by atoms with van der Waals surface area (Å²) in [5.41, 5.74) is 4.09. The first kappa shape index (κ1) is 16.7. The van der Waals surface area contributed by atoms with Gasteiger partial charge in [-0.25, -0.2) is 0 Å². The van der Waals surface area contributed by atoms with Crippen molar-refractivity contribution in [2.75, 3.05) is 7.05 Å². The Morgan fingerprint density at radius 2 is 2.20 bits per heavy atom. The lowest BCUT2D eigenvalue weighted by Gasteiger charge is -2.17. The van der Waals surface area contributed by atoms with Crippen molar-refractivity contribution in [2.45, 2.75) is 58.9 Å². The van der Waals surface area contributed by atoms with Crippen LogP contribution in [0.15, 0.2) is 40.1 Å². The van der Waals surface area contributed by atoms with E-state index in [9.17, 15) is 0 Å². The summed E-state index contributed by atoms with van der Waals surface area (Å²) in [6.07, 6.45) is 13.1. The van der Waals surface area contributed by atoms with Crippen LogP contribution in [0.5, 0.6) is 0 Å². The van der Waals surface area contributed by atoms with Gasteiger partial charge < -0.3 is 5.32 Å². The lowest BCUT2D eigenvalue weighted by atomic mass is 9.89. The number of hydrogen-bond donors (Lipinski definition) is 1. The van der Waals surface area contributed by atoms with Gasteiger partial charge in [-0.1, -0.05) is 39.2 Å². The Bertz CT molecular complexity index is 402. The highest BCUT2D eigenvalue weighted by atomic mass is 14.8. The molecule has 0 aromatic rings. The molecule has 0 aromatic carbocycles. The van der Waals surface area contributed by atoms with Crippen LogP contribution in [-0.2, 0) is 0 Å². The fraction of sp³-hybridized carbons (Fsp3) is 0.611. The molecule has 2 nitrogen and oxygen atoms in total. The molecule has 0 aromatic heterocycles. The zero-order valence-electron chi connectivity index (χ0n) is 13.6. The predicted molar refractivity (Wildman–Crippen MR) is 90.2 cm³/mol. The van der Waals surface area contributed by atoms with Crippen molar-refractivity contribution in [2.24, 2.45) is 10.9 Å². The lowest BCUT2D eigenvalue weighted by Crippen LogP contribution is -2.06. The number of nitrogens with one attached hydrogen (secondary N) is 1. The second-order valence-electron chi connectivity index (χ2n) is 5.61. The van der Waals surface area contributed by atoms with Gasteiger partial charge in [-0.3, -0.25) is 4.99 Å². The smallest absolute Gasteiger partial charge is 0.0930 e. The molecule has 2 heteroatoms. The third-order valence-electron chi connectivity index (χ3n) is 4.01. The van der Waals surface area contributed by atoms with Crippen molar-refractivity contribution in [3.05, 3.63) is 35.1 Å². The van der Waals surface area contributed by atoms with Gasteiger partial charge in [0.1, 0.15) is 0 Å². The van der Waals surface area contributed by atoms with E-state index >= 15 is 0 Å². The van der Waals surface area contributed by atoms with Crippen molar-refractivity contribution in [1.29, 1.82) is 0 Å². The maximum Gasteiger partial charge on any atom is 0.0930 e. The van der Waals surface area contributed by atoms with Crippen molar-refractivity contribution in [3.8, 4) is 0 Å². The molecule has 1 aliphatic rings. The van der Waals surface area contributed by atoms with Gasteiger partial charge in [0.05, 0.1) is 6.04 Å². The highest BCUT2D eigenvalue weighted by molar-refractivity contribution is 5.54. The monoisotopic (exact) mass is 274 g/mol. The normalized spacial score (nSPS) is 20.4. The molecule has 0 aliphatic heterocycles. The van der Waals surface area contributed by atoms with E-state index in [0.29, 0.717) is 5.92 Å². The maximum atomic E-state index is 4.06. The number of unbranched alkanes of at least 4 members (excludes halogenated alkanes) is 2. The zero-order chi connectivity index (χ0) is 15.0. The number of allylic oxidation sites excluding steroid dienone is 2. The topological polar surface area (TPSA) is 24.4 Å². The second kappa shape index (κ2) is 8.78. The highest BCUT2D eigenvalue weighted by Crippen LogP contribution is 2.33. The van der Waals surface area contributed by atoms with E-state index < -0.39 is 0 Å². The van der Waals surface area contributed by atoms with Crippen LogP contribution in [0.2, 0.25) is 0 Å². The summed E-state index contributed by atoms with van der Waals surface area (Å²) in [5.74, 6) is 0.651. The highest BCUT2D eigenvalue weighted by Gasteiger charge is 2.24. The average Bonchev–Trinajstić information content (AvgIpc) is 3.23. The van der Waals surface area contributed by atoms with Crippen LogP contribution in [0, 0.1) is 5.92 Å². The fourth-order valence-electron chi connectivity index (χ4n) is 2.66. The van der Waals surface area contributed by atoms with Gasteiger partial charge in [-0.2, -0.15) is 0 Å². The maximum absolute atomic E-state index is 4.06. The van der Waals surface area contributed by atoms with Crippen LogP contribution >= 0.6 is 0 Å². The van der Waals surface area contributed by atoms with Crippen molar-refractivity contribution in [1.82, 2.24) is 5.32 Å². The summed E-state index contributed by atoms with van der Waals surface area (Å²) >= 11 is 0. The van der Waals surface area contributed by atoms with Gasteiger partial charge in [0, 0.05) is 7.05 Å². The molecule has 112 valence electrons. The fourth-order valence-corrected chi connectivity index (χ4v) is 2.66. The van der Waals surface area contributed by atoms with Crippen LogP contribution in [0.25, 0.3) is 0 Å². The van der Waals surface area contributed by atoms with E-state index in [1.54, 1.807) is 0 Å². The predicted octanol–water partition coefficient (Wildman–Crippen LogP) is 4.65. The Morgan fingerprint density at radius 1 is 1.45 bits per heavy atom. The quantitative estimate of drug-likeness (QED) is 0.350. The first-order valence-corrected chi connectivity index (χ1v) is 7.91. The molecule has 1 aliphatic carbocycles. The van der Waals surface area contributed by atoms with Gasteiger partial charge in [0.15, 0.2) is 0 Å². The van der Waals surface area contributed by atoms with E-state index in [2.05, 4.69) is 56.1 Å². The minimum Gasteiger partial charge on any atom is -0.394 e. The second-order valence-corrected chi connectivity index (χ2v) is 5.61. The minimum atomic E-state index is 0.266. The SMILES string of the molecule is C=NC1C=C1/C(C)=C/C(=C/NC)C(CC)CCCCC. The van der Waals surface area contributed by atoms with E-state index in [0.717, 1.165) is 0 Å². The Labute approximate surface area is 124 Å². The molecule has 1 N–H and O–H groups in total. The van der Waals surface area contributed by atoms with Crippen molar-refractivity contribution >= 4 is 6.72 Å². The molecule has 0 heterocycles.